The van der Waals surface area contributed by atoms with Crippen LogP contribution in [-0.2, 0) is 0 Å². The number of ether oxygens (including phenoxy) is 1. The van der Waals surface area contributed by atoms with Gasteiger partial charge in [0, 0.05) is 11.3 Å². The zero-order chi connectivity index (χ0) is 11.4. The van der Waals surface area contributed by atoms with E-state index in [1.54, 1.807) is 0 Å². The van der Waals surface area contributed by atoms with E-state index in [0.717, 1.165) is 17.0 Å². The molecular weight excluding hydrogens is 188 g/mol. The van der Waals surface area contributed by atoms with Gasteiger partial charge in [0.25, 0.3) is 0 Å². The fourth-order valence-corrected chi connectivity index (χ4v) is 1.44. The highest BCUT2D eigenvalue weighted by atomic mass is 16.5. The summed E-state index contributed by atoms with van der Waals surface area (Å²) < 4.78 is 5.71. The van der Waals surface area contributed by atoms with E-state index in [1.807, 2.05) is 32.0 Å². The summed E-state index contributed by atoms with van der Waals surface area (Å²) in [5.74, 6) is 1.15. The fourth-order valence-electron chi connectivity index (χ4n) is 1.44. The van der Waals surface area contributed by atoms with Crippen molar-refractivity contribution >= 4 is 5.69 Å². The molecule has 1 rings (SSSR count). The van der Waals surface area contributed by atoms with E-state index in [0.29, 0.717) is 6.54 Å². The summed E-state index contributed by atoms with van der Waals surface area (Å²) in [5, 5.41) is 0. The van der Waals surface area contributed by atoms with E-state index in [4.69, 9.17) is 16.2 Å². The lowest BCUT2D eigenvalue weighted by atomic mass is 9.99. The van der Waals surface area contributed by atoms with E-state index in [9.17, 15) is 0 Å². The van der Waals surface area contributed by atoms with Gasteiger partial charge in [-0.15, -0.1) is 0 Å². The van der Waals surface area contributed by atoms with Gasteiger partial charge in [-0.1, -0.05) is 6.92 Å². The number of benzene rings is 1. The Balaban J connectivity index is 3.02. The zero-order valence-electron chi connectivity index (χ0n) is 9.66. The van der Waals surface area contributed by atoms with Crippen LogP contribution in [0.3, 0.4) is 0 Å². The Morgan fingerprint density at radius 1 is 1.27 bits per heavy atom. The van der Waals surface area contributed by atoms with Gasteiger partial charge in [-0.2, -0.15) is 0 Å². The molecule has 0 aliphatic carbocycles. The van der Waals surface area contributed by atoms with Crippen molar-refractivity contribution in [2.24, 2.45) is 5.73 Å². The lowest BCUT2D eigenvalue weighted by molar-refractivity contribution is 0.239. The highest BCUT2D eigenvalue weighted by Gasteiger charge is 2.11. The lowest BCUT2D eigenvalue weighted by Gasteiger charge is -2.18. The van der Waals surface area contributed by atoms with Crippen molar-refractivity contribution < 1.29 is 4.74 Å². The van der Waals surface area contributed by atoms with Crippen LogP contribution in [-0.4, -0.2) is 12.6 Å². The molecule has 0 bridgehead atoms. The number of rotatable bonds is 4. The van der Waals surface area contributed by atoms with Crippen LogP contribution in [0.1, 0.15) is 32.3 Å². The second-order valence-corrected chi connectivity index (χ2v) is 4.10. The number of hydrogen-bond donors (Lipinski definition) is 2. The molecular formula is C12H20N2O. The molecule has 4 N–H and O–H groups in total. The van der Waals surface area contributed by atoms with Crippen LogP contribution in [0.25, 0.3) is 0 Å². The normalized spacial score (nSPS) is 12.9. The van der Waals surface area contributed by atoms with Crippen molar-refractivity contribution in [1.82, 2.24) is 0 Å². The minimum Gasteiger partial charge on any atom is -0.491 e. The van der Waals surface area contributed by atoms with Crippen LogP contribution >= 0.6 is 0 Å². The van der Waals surface area contributed by atoms with E-state index in [1.165, 1.54) is 0 Å². The minimum atomic E-state index is 0.164. The molecule has 0 aliphatic heterocycles. The second-order valence-electron chi connectivity index (χ2n) is 4.10. The predicted octanol–water partition coefficient (Wildman–Crippen LogP) is 2.12. The number of nitrogens with two attached hydrogens (primary N) is 2. The maximum atomic E-state index is 5.75. The molecule has 0 saturated carbocycles. The molecule has 0 heterocycles. The second kappa shape index (κ2) is 5.03. The molecule has 1 unspecified atom stereocenters. The van der Waals surface area contributed by atoms with E-state index in [2.05, 4.69) is 6.92 Å². The van der Waals surface area contributed by atoms with Gasteiger partial charge >= 0.3 is 0 Å². The van der Waals surface area contributed by atoms with Crippen LogP contribution in [0.15, 0.2) is 18.2 Å². The summed E-state index contributed by atoms with van der Waals surface area (Å²) in [6, 6.07) is 5.70. The Morgan fingerprint density at radius 3 is 2.47 bits per heavy atom. The molecule has 0 radical (unpaired) electrons. The third kappa shape index (κ3) is 3.13. The van der Waals surface area contributed by atoms with Crippen LogP contribution in [0, 0.1) is 0 Å². The highest BCUT2D eigenvalue weighted by molar-refractivity contribution is 5.49. The first-order valence-corrected chi connectivity index (χ1v) is 5.30. The predicted molar refractivity (Wildman–Crippen MR) is 64.1 cm³/mol. The van der Waals surface area contributed by atoms with Gasteiger partial charge in [-0.05, 0) is 44.5 Å². The first kappa shape index (κ1) is 11.9. The summed E-state index contributed by atoms with van der Waals surface area (Å²) >= 11 is 0. The zero-order valence-corrected chi connectivity index (χ0v) is 9.66. The Hall–Kier alpha value is -1.22. The Morgan fingerprint density at radius 2 is 1.93 bits per heavy atom. The van der Waals surface area contributed by atoms with Crippen LogP contribution in [0.4, 0.5) is 5.69 Å². The molecule has 1 aromatic carbocycles. The number of nitrogen functional groups attached to an aromatic ring is 1. The molecule has 1 aromatic rings. The first-order chi connectivity index (χ1) is 7.04. The topological polar surface area (TPSA) is 61.3 Å². The maximum absolute atomic E-state index is 5.75. The van der Waals surface area contributed by atoms with Gasteiger partial charge in [0.2, 0.25) is 0 Å². The molecule has 1 atom stereocenters. The van der Waals surface area contributed by atoms with Crippen molar-refractivity contribution in [1.29, 1.82) is 0 Å². The quantitative estimate of drug-likeness (QED) is 0.745. The standard InChI is InChI=1S/C12H20N2O/c1-8(2)15-12-5-4-10(14)6-11(12)9(3)7-13/h4-6,8-9H,7,13-14H2,1-3H3. The molecule has 0 fully saturated rings. The van der Waals surface area contributed by atoms with Crippen LogP contribution in [0.5, 0.6) is 5.75 Å². The summed E-state index contributed by atoms with van der Waals surface area (Å²) in [4.78, 5) is 0. The maximum Gasteiger partial charge on any atom is 0.123 e. The van der Waals surface area contributed by atoms with E-state index >= 15 is 0 Å². The van der Waals surface area contributed by atoms with Crippen molar-refractivity contribution in [3.05, 3.63) is 23.8 Å². The monoisotopic (exact) mass is 208 g/mol. The van der Waals surface area contributed by atoms with Crippen molar-refractivity contribution in [2.75, 3.05) is 12.3 Å². The van der Waals surface area contributed by atoms with Gasteiger partial charge in [0.05, 0.1) is 6.10 Å². The molecule has 0 saturated heterocycles. The molecule has 0 aromatic heterocycles. The molecule has 3 nitrogen and oxygen atoms in total. The van der Waals surface area contributed by atoms with Crippen molar-refractivity contribution in [3.8, 4) is 5.75 Å². The number of hydrogen-bond acceptors (Lipinski definition) is 3. The molecule has 84 valence electrons. The molecule has 0 spiro atoms. The van der Waals surface area contributed by atoms with Gasteiger partial charge in [-0.25, -0.2) is 0 Å². The summed E-state index contributed by atoms with van der Waals surface area (Å²) in [7, 11) is 0. The lowest BCUT2D eigenvalue weighted by Crippen LogP contribution is -2.13. The molecule has 3 heteroatoms. The summed E-state index contributed by atoms with van der Waals surface area (Å²) in [6.07, 6.45) is 0.164. The van der Waals surface area contributed by atoms with Crippen molar-refractivity contribution in [3.63, 3.8) is 0 Å². The third-order valence-electron chi connectivity index (χ3n) is 2.28. The largest absolute Gasteiger partial charge is 0.491 e. The minimum absolute atomic E-state index is 0.164. The Kier molecular flexibility index (Phi) is 3.97. The molecule has 0 aliphatic rings. The Bertz CT molecular complexity index is 323. The molecule has 0 amide bonds. The molecule has 15 heavy (non-hydrogen) atoms. The van der Waals surface area contributed by atoms with Crippen LogP contribution in [0.2, 0.25) is 0 Å². The summed E-state index contributed by atoms with van der Waals surface area (Å²) in [5.41, 5.74) is 13.3. The van der Waals surface area contributed by atoms with Gasteiger partial charge in [0.15, 0.2) is 0 Å². The van der Waals surface area contributed by atoms with Gasteiger partial charge < -0.3 is 16.2 Å². The van der Waals surface area contributed by atoms with Gasteiger partial charge in [0.1, 0.15) is 5.75 Å². The van der Waals surface area contributed by atoms with Crippen LogP contribution < -0.4 is 16.2 Å². The van der Waals surface area contributed by atoms with Crippen molar-refractivity contribution in [2.45, 2.75) is 32.8 Å². The smallest absolute Gasteiger partial charge is 0.123 e. The number of anilines is 1. The van der Waals surface area contributed by atoms with E-state index < -0.39 is 0 Å². The third-order valence-corrected chi connectivity index (χ3v) is 2.28. The SMILES string of the molecule is CC(C)Oc1ccc(N)cc1C(C)CN. The summed E-state index contributed by atoms with van der Waals surface area (Å²) in [6.45, 7) is 6.68. The fraction of sp³-hybridized carbons (Fsp3) is 0.500. The highest BCUT2D eigenvalue weighted by Crippen LogP contribution is 2.28. The average Bonchev–Trinajstić information content (AvgIpc) is 2.19. The Labute approximate surface area is 91.4 Å². The first-order valence-electron chi connectivity index (χ1n) is 5.30. The average molecular weight is 208 g/mol. The van der Waals surface area contributed by atoms with E-state index in [-0.39, 0.29) is 12.0 Å². The van der Waals surface area contributed by atoms with Gasteiger partial charge in [-0.3, -0.25) is 0 Å².